The lowest BCUT2D eigenvalue weighted by Gasteiger charge is -2.33. The van der Waals surface area contributed by atoms with Gasteiger partial charge in [0.1, 0.15) is 10.8 Å². The third-order valence-corrected chi connectivity index (χ3v) is 17.4. The van der Waals surface area contributed by atoms with E-state index in [9.17, 15) is 0 Å². The van der Waals surface area contributed by atoms with Crippen molar-refractivity contribution in [2.45, 2.75) is 116 Å². The fraction of sp³-hybridized carbons (Fsp3) is 1.00. The number of hydrogen-bond acceptors (Lipinski definition) is 8. The van der Waals surface area contributed by atoms with Crippen LogP contribution in [0, 0.1) is 0 Å². The molecule has 10 heteroatoms. The smallest absolute Gasteiger partial charge is 0.144 e. The summed E-state index contributed by atoms with van der Waals surface area (Å²) in [5.41, 5.74) is -0.439. The fourth-order valence-electron chi connectivity index (χ4n) is 4.07. The SMILES string of the molecule is CCC[SiH2]C(CCCCSSSSCCCCC(OCC)(OCC)[SiH2]CCC)(OCC)OCC. The van der Waals surface area contributed by atoms with Gasteiger partial charge in [-0.2, -0.15) is 0 Å². The first-order valence-electron chi connectivity index (χ1n) is 13.7. The molecule has 4 nitrogen and oxygen atoms in total. The average molecular weight is 591 g/mol. The molecule has 0 heterocycles. The Kier molecular flexibility index (Phi) is 26.2. The molecule has 0 N–H and O–H groups in total. The van der Waals surface area contributed by atoms with Gasteiger partial charge in [0.05, 0.1) is 19.0 Å². The van der Waals surface area contributed by atoms with Crippen molar-refractivity contribution in [2.24, 2.45) is 0 Å². The summed E-state index contributed by atoms with van der Waals surface area (Å²) in [6.07, 6.45) is 9.51. The van der Waals surface area contributed by atoms with Crippen LogP contribution in [0.25, 0.3) is 0 Å². The molecule has 0 spiro atoms. The third-order valence-electron chi connectivity index (χ3n) is 5.65. The highest BCUT2D eigenvalue weighted by Crippen LogP contribution is 2.43. The van der Waals surface area contributed by atoms with Crippen molar-refractivity contribution in [3.8, 4) is 0 Å². The van der Waals surface area contributed by atoms with Crippen LogP contribution in [-0.2, 0) is 18.9 Å². The fourth-order valence-corrected chi connectivity index (χ4v) is 14.5. The Hall–Kier alpha value is 1.67. The topological polar surface area (TPSA) is 36.9 Å². The molecular weight excluding hydrogens is 537 g/mol. The van der Waals surface area contributed by atoms with Crippen molar-refractivity contribution in [3.05, 3.63) is 0 Å². The van der Waals surface area contributed by atoms with Crippen molar-refractivity contribution in [1.29, 1.82) is 0 Å². The maximum absolute atomic E-state index is 6.14. The van der Waals surface area contributed by atoms with Gasteiger partial charge in [-0.05, 0) is 85.9 Å². The van der Waals surface area contributed by atoms with E-state index in [1.807, 2.05) is 41.2 Å². The summed E-state index contributed by atoms with van der Waals surface area (Å²) in [4.78, 5) is 0. The Balaban J connectivity index is 3.94. The molecule has 0 aliphatic carbocycles. The third kappa shape index (κ3) is 18.0. The predicted octanol–water partition coefficient (Wildman–Crippen LogP) is 7.45. The zero-order valence-corrected chi connectivity index (χ0v) is 29.1. The Labute approximate surface area is 231 Å². The molecule has 0 aromatic carbocycles. The lowest BCUT2D eigenvalue weighted by molar-refractivity contribution is -0.180. The van der Waals surface area contributed by atoms with Crippen LogP contribution in [0.5, 0.6) is 0 Å². The minimum atomic E-state index is -0.359. The normalized spacial score (nSPS) is 13.2. The van der Waals surface area contributed by atoms with Crippen LogP contribution in [0.1, 0.15) is 92.9 Å². The summed E-state index contributed by atoms with van der Waals surface area (Å²) >= 11 is 0. The van der Waals surface area contributed by atoms with Crippen LogP contribution in [0.15, 0.2) is 0 Å². The highest BCUT2D eigenvalue weighted by atomic mass is 33.7. The van der Waals surface area contributed by atoms with Gasteiger partial charge in [0, 0.05) is 37.9 Å². The second-order valence-electron chi connectivity index (χ2n) is 8.45. The van der Waals surface area contributed by atoms with E-state index in [-0.39, 0.29) is 29.9 Å². The zero-order valence-electron chi connectivity index (χ0n) is 23.0. The molecule has 0 aliphatic heterocycles. The van der Waals surface area contributed by atoms with Crippen LogP contribution < -0.4 is 0 Å². The summed E-state index contributed by atoms with van der Waals surface area (Å²) in [5, 5.41) is 0. The van der Waals surface area contributed by atoms with Gasteiger partial charge < -0.3 is 18.9 Å². The van der Waals surface area contributed by atoms with E-state index in [4.69, 9.17) is 18.9 Å². The molecule has 0 aromatic heterocycles. The molecular formula is C24H54O4S4Si2. The van der Waals surface area contributed by atoms with Crippen molar-refractivity contribution in [2.75, 3.05) is 37.9 Å². The van der Waals surface area contributed by atoms with Gasteiger partial charge in [-0.15, -0.1) is 0 Å². The molecule has 0 aromatic rings. The van der Waals surface area contributed by atoms with Crippen LogP contribution in [0.3, 0.4) is 0 Å². The first-order valence-corrected chi connectivity index (χ1v) is 22.3. The Morgan fingerprint density at radius 1 is 0.529 bits per heavy atom. The number of rotatable bonds is 27. The van der Waals surface area contributed by atoms with E-state index in [1.165, 1.54) is 62.1 Å². The van der Waals surface area contributed by atoms with Gasteiger partial charge in [0.25, 0.3) is 0 Å². The molecule has 34 heavy (non-hydrogen) atoms. The second kappa shape index (κ2) is 25.0. The van der Waals surface area contributed by atoms with Gasteiger partial charge in [0.2, 0.25) is 0 Å². The van der Waals surface area contributed by atoms with Crippen LogP contribution >= 0.6 is 41.2 Å². The molecule has 0 saturated carbocycles. The van der Waals surface area contributed by atoms with Crippen molar-refractivity contribution in [3.63, 3.8) is 0 Å². The zero-order chi connectivity index (χ0) is 25.4. The number of ether oxygens (including phenoxy) is 4. The van der Waals surface area contributed by atoms with Crippen molar-refractivity contribution in [1.82, 2.24) is 0 Å². The number of unbranched alkanes of at least 4 members (excludes halogenated alkanes) is 2. The van der Waals surface area contributed by atoms with Gasteiger partial charge in [0.15, 0.2) is 0 Å². The lowest BCUT2D eigenvalue weighted by Crippen LogP contribution is -2.42. The van der Waals surface area contributed by atoms with Crippen LogP contribution in [0.2, 0.25) is 12.1 Å². The minimum Gasteiger partial charge on any atom is -0.355 e. The molecule has 206 valence electrons. The molecule has 0 amide bonds. The summed E-state index contributed by atoms with van der Waals surface area (Å²) in [5.74, 6) is 2.41. The maximum Gasteiger partial charge on any atom is 0.144 e. The summed E-state index contributed by atoms with van der Waals surface area (Å²) in [6.45, 7) is 15.9. The molecule has 0 atom stereocenters. The molecule has 0 rings (SSSR count). The molecule has 0 saturated heterocycles. The first-order chi connectivity index (χ1) is 16.6. The Morgan fingerprint density at radius 3 is 1.18 bits per heavy atom. The Morgan fingerprint density at radius 2 is 0.882 bits per heavy atom. The van der Waals surface area contributed by atoms with E-state index >= 15 is 0 Å². The summed E-state index contributed by atoms with van der Waals surface area (Å²) in [7, 11) is 7.14. The number of hydrogen-bond donors (Lipinski definition) is 0. The average Bonchev–Trinajstić information content (AvgIpc) is 2.83. The summed E-state index contributed by atoms with van der Waals surface area (Å²) < 4.78 is 24.6. The van der Waals surface area contributed by atoms with Gasteiger partial charge in [-0.25, -0.2) is 0 Å². The lowest BCUT2D eigenvalue weighted by atomic mass is 10.2. The van der Waals surface area contributed by atoms with E-state index in [0.717, 1.165) is 39.3 Å². The van der Waals surface area contributed by atoms with Crippen LogP contribution in [0.4, 0.5) is 0 Å². The van der Waals surface area contributed by atoms with E-state index in [1.54, 1.807) is 0 Å². The predicted molar refractivity (Wildman–Crippen MR) is 167 cm³/mol. The molecule has 0 aliphatic rings. The van der Waals surface area contributed by atoms with Crippen molar-refractivity contribution < 1.29 is 18.9 Å². The summed E-state index contributed by atoms with van der Waals surface area (Å²) in [6, 6.07) is 2.61. The van der Waals surface area contributed by atoms with Gasteiger partial charge in [-0.3, -0.25) is 0 Å². The monoisotopic (exact) mass is 590 g/mol. The van der Waals surface area contributed by atoms with Crippen molar-refractivity contribution >= 4 is 60.3 Å². The molecule has 0 bridgehead atoms. The van der Waals surface area contributed by atoms with Crippen LogP contribution in [-0.4, -0.2) is 67.8 Å². The quantitative estimate of drug-likeness (QED) is 0.0422. The van der Waals surface area contributed by atoms with E-state index in [2.05, 4.69) is 41.5 Å². The maximum atomic E-state index is 6.14. The van der Waals surface area contributed by atoms with E-state index < -0.39 is 0 Å². The standard InChI is InChI=1S/C24H54O4S4Si2/c1-7-21-33-23(25-9-3,26-10-4)17-13-15-19-29-31-32-30-20-16-14-18-24(27-11-5,28-12-6)34-22-8-2/h7-22,33-34H2,1-6H3. The second-order valence-corrected chi connectivity index (χ2v) is 19.3. The first kappa shape index (κ1) is 35.7. The van der Waals surface area contributed by atoms with Gasteiger partial charge in [-0.1, -0.05) is 60.4 Å². The molecule has 0 unspecified atom stereocenters. The largest absolute Gasteiger partial charge is 0.355 e. The molecule has 0 fully saturated rings. The minimum absolute atomic E-state index is 0.219. The highest BCUT2D eigenvalue weighted by Gasteiger charge is 2.31. The highest BCUT2D eigenvalue weighted by molar-refractivity contribution is 9.26. The van der Waals surface area contributed by atoms with Gasteiger partial charge >= 0.3 is 0 Å². The molecule has 0 radical (unpaired) electrons. The Bertz CT molecular complexity index is 390. The van der Waals surface area contributed by atoms with E-state index in [0.29, 0.717) is 0 Å².